The van der Waals surface area contributed by atoms with Crippen molar-refractivity contribution in [3.05, 3.63) is 23.5 Å². The third-order valence-electron chi connectivity index (χ3n) is 2.69. The van der Waals surface area contributed by atoms with Crippen LogP contribution >= 0.6 is 0 Å². The number of allylic oxidation sites excluding steroid dienone is 2. The molecule has 0 unspecified atom stereocenters. The van der Waals surface area contributed by atoms with Crippen LogP contribution in [0.5, 0.6) is 0 Å². The summed E-state index contributed by atoms with van der Waals surface area (Å²) < 4.78 is 0. The van der Waals surface area contributed by atoms with Crippen molar-refractivity contribution in [1.29, 1.82) is 0 Å². The van der Waals surface area contributed by atoms with Crippen LogP contribution in [0, 0.1) is 11.8 Å². The van der Waals surface area contributed by atoms with Crippen molar-refractivity contribution < 1.29 is 0 Å². The Labute approximate surface area is 68.2 Å². The largest absolute Gasteiger partial charge is 0.368 e. The van der Waals surface area contributed by atoms with Crippen LogP contribution in [0.2, 0.25) is 0 Å². The maximum Gasteiger partial charge on any atom is 0.000202 e. The van der Waals surface area contributed by atoms with Gasteiger partial charge in [-0.1, -0.05) is 19.4 Å². The van der Waals surface area contributed by atoms with Crippen LogP contribution in [-0.4, -0.2) is 0 Å². The molecule has 2 aliphatic heterocycles. The van der Waals surface area contributed by atoms with E-state index in [4.69, 9.17) is 0 Å². The Hall–Kier alpha value is -0.720. The zero-order chi connectivity index (χ0) is 7.84. The molecule has 2 bridgehead atoms. The molecule has 0 aromatic heterocycles. The summed E-state index contributed by atoms with van der Waals surface area (Å²) in [6.07, 6.45) is 6.95. The van der Waals surface area contributed by atoms with E-state index in [2.05, 4.69) is 31.6 Å². The second kappa shape index (κ2) is 2.40. The standard InChI is InChI=1S/C10H15N/c1-7(2)10-6-11-5-8-3-9(10)4-8/h5-7,9,11H,3-4H2,1-2H3. The van der Waals surface area contributed by atoms with Crippen LogP contribution < -0.4 is 5.32 Å². The summed E-state index contributed by atoms with van der Waals surface area (Å²) in [4.78, 5) is 0. The van der Waals surface area contributed by atoms with Crippen LogP contribution in [0.3, 0.4) is 0 Å². The Kier molecular flexibility index (Phi) is 1.52. The molecular formula is C10H15N. The highest BCUT2D eigenvalue weighted by molar-refractivity contribution is 5.27. The summed E-state index contributed by atoms with van der Waals surface area (Å²) in [7, 11) is 0. The lowest BCUT2D eigenvalue weighted by Crippen LogP contribution is -2.18. The van der Waals surface area contributed by atoms with Crippen molar-refractivity contribution in [3.63, 3.8) is 0 Å². The molecule has 11 heavy (non-hydrogen) atoms. The lowest BCUT2D eigenvalue weighted by molar-refractivity contribution is 0.449. The molecule has 0 radical (unpaired) electrons. The lowest BCUT2D eigenvalue weighted by Gasteiger charge is -2.30. The molecule has 1 fully saturated rings. The van der Waals surface area contributed by atoms with E-state index in [-0.39, 0.29) is 0 Å². The summed E-state index contributed by atoms with van der Waals surface area (Å²) >= 11 is 0. The predicted octanol–water partition coefficient (Wildman–Crippen LogP) is 2.42. The molecule has 0 atom stereocenters. The zero-order valence-electron chi connectivity index (χ0n) is 7.22. The molecule has 0 saturated heterocycles. The highest BCUT2D eigenvalue weighted by Gasteiger charge is 2.29. The van der Waals surface area contributed by atoms with Crippen LogP contribution in [0.1, 0.15) is 26.7 Å². The van der Waals surface area contributed by atoms with Crippen molar-refractivity contribution in [2.24, 2.45) is 11.8 Å². The Morgan fingerprint density at radius 3 is 2.73 bits per heavy atom. The van der Waals surface area contributed by atoms with E-state index in [0.29, 0.717) is 5.92 Å². The van der Waals surface area contributed by atoms with Gasteiger partial charge in [-0.25, -0.2) is 0 Å². The minimum Gasteiger partial charge on any atom is -0.368 e. The van der Waals surface area contributed by atoms with Gasteiger partial charge in [-0.2, -0.15) is 0 Å². The van der Waals surface area contributed by atoms with Crippen LogP contribution in [0.15, 0.2) is 23.5 Å². The van der Waals surface area contributed by atoms with E-state index in [1.54, 1.807) is 11.1 Å². The van der Waals surface area contributed by atoms with Gasteiger partial charge in [0.15, 0.2) is 0 Å². The summed E-state index contributed by atoms with van der Waals surface area (Å²) in [5.74, 6) is 1.57. The van der Waals surface area contributed by atoms with Crippen molar-refractivity contribution in [2.75, 3.05) is 0 Å². The van der Waals surface area contributed by atoms with Crippen molar-refractivity contribution in [1.82, 2.24) is 5.32 Å². The SMILES string of the molecule is CC(C)C1=CNC=C2CC1C2. The molecule has 1 nitrogen and oxygen atoms in total. The van der Waals surface area contributed by atoms with E-state index < -0.39 is 0 Å². The second-order valence-corrected chi connectivity index (χ2v) is 3.87. The van der Waals surface area contributed by atoms with Gasteiger partial charge in [0.1, 0.15) is 0 Å². The van der Waals surface area contributed by atoms with Crippen LogP contribution in [-0.2, 0) is 0 Å². The Morgan fingerprint density at radius 2 is 2.09 bits per heavy atom. The Morgan fingerprint density at radius 1 is 1.36 bits per heavy atom. The second-order valence-electron chi connectivity index (χ2n) is 3.87. The summed E-state index contributed by atoms with van der Waals surface area (Å²) in [5, 5.41) is 3.25. The van der Waals surface area contributed by atoms with E-state index >= 15 is 0 Å². The topological polar surface area (TPSA) is 12.0 Å². The molecule has 1 N–H and O–H groups in total. The van der Waals surface area contributed by atoms with E-state index in [9.17, 15) is 0 Å². The minimum atomic E-state index is 0.709. The zero-order valence-corrected chi connectivity index (χ0v) is 7.22. The van der Waals surface area contributed by atoms with Crippen molar-refractivity contribution >= 4 is 0 Å². The minimum absolute atomic E-state index is 0.709. The van der Waals surface area contributed by atoms with Gasteiger partial charge in [0.25, 0.3) is 0 Å². The van der Waals surface area contributed by atoms with E-state index in [0.717, 1.165) is 5.92 Å². The number of hydrogen-bond donors (Lipinski definition) is 1. The monoisotopic (exact) mass is 149 g/mol. The van der Waals surface area contributed by atoms with Gasteiger partial charge in [0, 0.05) is 6.20 Å². The molecule has 2 heterocycles. The maximum atomic E-state index is 3.25. The third kappa shape index (κ3) is 1.09. The molecule has 0 amide bonds. The van der Waals surface area contributed by atoms with Gasteiger partial charge < -0.3 is 5.32 Å². The Balaban J connectivity index is 2.17. The van der Waals surface area contributed by atoms with Gasteiger partial charge in [0.05, 0.1) is 0 Å². The van der Waals surface area contributed by atoms with E-state index in [1.807, 2.05) is 0 Å². The normalized spacial score (nSPS) is 23.2. The van der Waals surface area contributed by atoms with Gasteiger partial charge in [-0.15, -0.1) is 0 Å². The van der Waals surface area contributed by atoms with Gasteiger partial charge >= 0.3 is 0 Å². The fraction of sp³-hybridized carbons (Fsp3) is 0.600. The number of fused-ring (bicyclic) bond motifs is 2. The molecule has 1 saturated carbocycles. The van der Waals surface area contributed by atoms with E-state index in [1.165, 1.54) is 12.8 Å². The summed E-state index contributed by atoms with van der Waals surface area (Å²) in [5.41, 5.74) is 3.18. The highest BCUT2D eigenvalue weighted by Crippen LogP contribution is 2.41. The molecule has 60 valence electrons. The highest BCUT2D eigenvalue weighted by atomic mass is 14.8. The van der Waals surface area contributed by atoms with Crippen molar-refractivity contribution in [2.45, 2.75) is 26.7 Å². The first-order valence-corrected chi connectivity index (χ1v) is 4.41. The third-order valence-corrected chi connectivity index (χ3v) is 2.69. The fourth-order valence-electron chi connectivity index (χ4n) is 1.94. The van der Waals surface area contributed by atoms with Crippen LogP contribution in [0.25, 0.3) is 0 Å². The Bertz CT molecular complexity index is 215. The summed E-state index contributed by atoms with van der Waals surface area (Å²) in [6, 6.07) is 0. The summed E-state index contributed by atoms with van der Waals surface area (Å²) in [6.45, 7) is 4.55. The average Bonchev–Trinajstić information content (AvgIpc) is 2.13. The number of nitrogens with one attached hydrogen (secondary N) is 1. The molecule has 3 aliphatic rings. The first-order chi connectivity index (χ1) is 5.27. The quantitative estimate of drug-likeness (QED) is 0.603. The fourth-order valence-corrected chi connectivity index (χ4v) is 1.94. The van der Waals surface area contributed by atoms with Crippen LogP contribution in [0.4, 0.5) is 0 Å². The first kappa shape index (κ1) is 6.96. The average molecular weight is 149 g/mol. The van der Waals surface area contributed by atoms with Gasteiger partial charge in [-0.3, -0.25) is 0 Å². The van der Waals surface area contributed by atoms with Crippen molar-refractivity contribution in [3.8, 4) is 0 Å². The first-order valence-electron chi connectivity index (χ1n) is 4.41. The number of hydrogen-bond acceptors (Lipinski definition) is 1. The molecule has 0 aromatic rings. The molecular weight excluding hydrogens is 134 g/mol. The maximum absolute atomic E-state index is 3.25. The molecule has 1 heteroatoms. The van der Waals surface area contributed by atoms with Gasteiger partial charge in [0.2, 0.25) is 0 Å². The molecule has 1 aliphatic carbocycles. The predicted molar refractivity (Wildman–Crippen MR) is 46.9 cm³/mol. The molecule has 0 spiro atoms. The smallest absolute Gasteiger partial charge is 0.000202 e. The van der Waals surface area contributed by atoms with Gasteiger partial charge in [-0.05, 0) is 36.5 Å². The number of rotatable bonds is 1. The lowest BCUT2D eigenvalue weighted by atomic mass is 9.74. The molecule has 3 rings (SSSR count). The molecule has 0 aromatic carbocycles.